The standard InChI is InChI=1S/C20H20N2OS/c1-4-18-19(21-14(3)24-18)15-7-9-16(10-8-15)20(23)22-17-11-5-13(2)6-12-17/h5-12H,4H2,1-3H3,(H,22,23). The Morgan fingerprint density at radius 1 is 1.04 bits per heavy atom. The molecule has 0 radical (unpaired) electrons. The highest BCUT2D eigenvalue weighted by Gasteiger charge is 2.11. The topological polar surface area (TPSA) is 42.0 Å². The number of rotatable bonds is 4. The molecule has 0 aliphatic rings. The highest BCUT2D eigenvalue weighted by atomic mass is 32.1. The smallest absolute Gasteiger partial charge is 0.255 e. The molecule has 1 amide bonds. The van der Waals surface area contributed by atoms with Crippen molar-refractivity contribution in [3.05, 3.63) is 69.5 Å². The third kappa shape index (κ3) is 3.54. The van der Waals surface area contributed by atoms with Crippen LogP contribution in [0.5, 0.6) is 0 Å². The predicted octanol–water partition coefficient (Wildman–Crippen LogP) is 5.24. The molecule has 2 aromatic carbocycles. The summed E-state index contributed by atoms with van der Waals surface area (Å²) in [6, 6.07) is 15.4. The molecule has 0 bridgehead atoms. The molecule has 4 heteroatoms. The van der Waals surface area contributed by atoms with Crippen LogP contribution in [-0.2, 0) is 6.42 Å². The van der Waals surface area contributed by atoms with Crippen LogP contribution in [0.2, 0.25) is 0 Å². The van der Waals surface area contributed by atoms with Gasteiger partial charge in [0.05, 0.1) is 10.7 Å². The first-order chi connectivity index (χ1) is 11.6. The van der Waals surface area contributed by atoms with Gasteiger partial charge < -0.3 is 5.32 Å². The Balaban J connectivity index is 1.78. The summed E-state index contributed by atoms with van der Waals surface area (Å²) in [6.45, 7) is 6.19. The van der Waals surface area contributed by atoms with Crippen LogP contribution in [0.4, 0.5) is 5.69 Å². The molecule has 24 heavy (non-hydrogen) atoms. The maximum atomic E-state index is 12.3. The molecule has 0 saturated carbocycles. The quantitative estimate of drug-likeness (QED) is 0.708. The van der Waals surface area contributed by atoms with Crippen LogP contribution in [0.1, 0.15) is 32.7 Å². The van der Waals surface area contributed by atoms with Crippen LogP contribution in [0.15, 0.2) is 48.5 Å². The van der Waals surface area contributed by atoms with Gasteiger partial charge in [-0.25, -0.2) is 4.98 Å². The second kappa shape index (κ2) is 6.97. The Kier molecular flexibility index (Phi) is 4.76. The normalized spacial score (nSPS) is 10.6. The number of thiazole rings is 1. The zero-order valence-corrected chi connectivity index (χ0v) is 14.9. The monoisotopic (exact) mass is 336 g/mol. The number of hydrogen-bond acceptors (Lipinski definition) is 3. The molecule has 3 rings (SSSR count). The van der Waals surface area contributed by atoms with Gasteiger partial charge >= 0.3 is 0 Å². The lowest BCUT2D eigenvalue weighted by atomic mass is 10.1. The molecule has 0 fully saturated rings. The van der Waals surface area contributed by atoms with E-state index in [1.165, 1.54) is 10.4 Å². The fourth-order valence-corrected chi connectivity index (χ4v) is 3.45. The molecule has 3 aromatic rings. The first kappa shape index (κ1) is 16.4. The third-order valence-electron chi connectivity index (χ3n) is 3.86. The van der Waals surface area contributed by atoms with Gasteiger partial charge in [0.2, 0.25) is 0 Å². The second-order valence-electron chi connectivity index (χ2n) is 5.76. The number of hydrogen-bond donors (Lipinski definition) is 1. The highest BCUT2D eigenvalue weighted by molar-refractivity contribution is 7.12. The Hall–Kier alpha value is -2.46. The molecule has 1 N–H and O–H groups in total. The van der Waals surface area contributed by atoms with Crippen molar-refractivity contribution in [2.45, 2.75) is 27.2 Å². The van der Waals surface area contributed by atoms with Crippen molar-refractivity contribution >= 4 is 22.9 Å². The molecule has 3 nitrogen and oxygen atoms in total. The summed E-state index contributed by atoms with van der Waals surface area (Å²) in [5, 5.41) is 3.99. The summed E-state index contributed by atoms with van der Waals surface area (Å²) >= 11 is 1.73. The van der Waals surface area contributed by atoms with E-state index in [2.05, 4.69) is 17.2 Å². The van der Waals surface area contributed by atoms with E-state index in [1.54, 1.807) is 11.3 Å². The molecular weight excluding hydrogens is 316 g/mol. The van der Waals surface area contributed by atoms with Gasteiger partial charge in [0.1, 0.15) is 0 Å². The van der Waals surface area contributed by atoms with E-state index in [9.17, 15) is 4.79 Å². The predicted molar refractivity (Wildman–Crippen MR) is 101 cm³/mol. The Morgan fingerprint density at radius 2 is 1.71 bits per heavy atom. The Morgan fingerprint density at radius 3 is 2.33 bits per heavy atom. The number of aromatic nitrogens is 1. The van der Waals surface area contributed by atoms with Gasteiger partial charge in [-0.1, -0.05) is 36.8 Å². The van der Waals surface area contributed by atoms with Crippen LogP contribution in [0.3, 0.4) is 0 Å². The number of nitrogens with one attached hydrogen (secondary N) is 1. The zero-order valence-electron chi connectivity index (χ0n) is 14.1. The van der Waals surface area contributed by atoms with E-state index in [4.69, 9.17) is 0 Å². The first-order valence-electron chi connectivity index (χ1n) is 8.01. The average Bonchev–Trinajstić information content (AvgIpc) is 2.98. The van der Waals surface area contributed by atoms with Crippen molar-refractivity contribution in [2.75, 3.05) is 5.32 Å². The molecule has 122 valence electrons. The van der Waals surface area contributed by atoms with Gasteiger partial charge in [-0.05, 0) is 44.5 Å². The molecule has 1 heterocycles. The summed E-state index contributed by atoms with van der Waals surface area (Å²) in [4.78, 5) is 18.3. The van der Waals surface area contributed by atoms with Crippen molar-refractivity contribution in [3.8, 4) is 11.3 Å². The first-order valence-corrected chi connectivity index (χ1v) is 8.83. The van der Waals surface area contributed by atoms with E-state index in [0.29, 0.717) is 5.56 Å². The van der Waals surface area contributed by atoms with Gasteiger partial charge in [0.15, 0.2) is 0 Å². The van der Waals surface area contributed by atoms with Gasteiger partial charge in [-0.15, -0.1) is 11.3 Å². The average molecular weight is 336 g/mol. The van der Waals surface area contributed by atoms with E-state index in [1.807, 2.05) is 62.4 Å². The van der Waals surface area contributed by atoms with Crippen LogP contribution in [-0.4, -0.2) is 10.9 Å². The lowest BCUT2D eigenvalue weighted by molar-refractivity contribution is 0.102. The SMILES string of the molecule is CCc1sc(C)nc1-c1ccc(C(=O)Nc2ccc(C)cc2)cc1. The maximum Gasteiger partial charge on any atom is 0.255 e. The van der Waals surface area contributed by atoms with Gasteiger partial charge in [-0.3, -0.25) is 4.79 Å². The van der Waals surface area contributed by atoms with Crippen LogP contribution in [0.25, 0.3) is 11.3 Å². The summed E-state index contributed by atoms with van der Waals surface area (Å²) < 4.78 is 0. The molecule has 0 aliphatic heterocycles. The van der Waals surface area contributed by atoms with E-state index in [0.717, 1.165) is 28.4 Å². The molecule has 0 saturated heterocycles. The summed E-state index contributed by atoms with van der Waals surface area (Å²) in [5.74, 6) is -0.101. The van der Waals surface area contributed by atoms with Gasteiger partial charge in [0, 0.05) is 21.7 Å². The van der Waals surface area contributed by atoms with Crippen LogP contribution < -0.4 is 5.32 Å². The van der Waals surface area contributed by atoms with Crippen molar-refractivity contribution in [3.63, 3.8) is 0 Å². The van der Waals surface area contributed by atoms with Crippen molar-refractivity contribution < 1.29 is 4.79 Å². The second-order valence-corrected chi connectivity index (χ2v) is 7.04. The van der Waals surface area contributed by atoms with Crippen LogP contribution in [0, 0.1) is 13.8 Å². The van der Waals surface area contributed by atoms with E-state index < -0.39 is 0 Å². The fourth-order valence-electron chi connectivity index (χ4n) is 2.55. The number of benzene rings is 2. The van der Waals surface area contributed by atoms with Crippen molar-refractivity contribution in [1.82, 2.24) is 4.98 Å². The number of aryl methyl sites for hydroxylation is 3. The van der Waals surface area contributed by atoms with Crippen LogP contribution >= 0.6 is 11.3 Å². The maximum absolute atomic E-state index is 12.3. The Bertz CT molecular complexity index is 848. The minimum absolute atomic E-state index is 0.101. The van der Waals surface area contributed by atoms with E-state index >= 15 is 0 Å². The minimum Gasteiger partial charge on any atom is -0.322 e. The van der Waals surface area contributed by atoms with Gasteiger partial charge in [0.25, 0.3) is 5.91 Å². The molecule has 0 aliphatic carbocycles. The number of carbonyl (C=O) groups excluding carboxylic acids is 1. The van der Waals surface area contributed by atoms with Crippen molar-refractivity contribution in [2.24, 2.45) is 0 Å². The van der Waals surface area contributed by atoms with Gasteiger partial charge in [-0.2, -0.15) is 0 Å². The Labute approximate surface area is 146 Å². The zero-order chi connectivity index (χ0) is 17.1. The summed E-state index contributed by atoms with van der Waals surface area (Å²) in [6.07, 6.45) is 0.969. The molecule has 0 atom stereocenters. The third-order valence-corrected chi connectivity index (χ3v) is 4.97. The summed E-state index contributed by atoms with van der Waals surface area (Å²) in [5.41, 5.74) is 4.71. The molecule has 0 spiro atoms. The largest absolute Gasteiger partial charge is 0.322 e. The van der Waals surface area contributed by atoms with E-state index in [-0.39, 0.29) is 5.91 Å². The highest BCUT2D eigenvalue weighted by Crippen LogP contribution is 2.28. The lowest BCUT2D eigenvalue weighted by Crippen LogP contribution is -2.11. The number of carbonyl (C=O) groups is 1. The number of anilines is 1. The lowest BCUT2D eigenvalue weighted by Gasteiger charge is -2.07. The summed E-state index contributed by atoms with van der Waals surface area (Å²) in [7, 11) is 0. The molecular formula is C20H20N2OS. The molecule has 0 unspecified atom stereocenters. The fraction of sp³-hybridized carbons (Fsp3) is 0.200. The van der Waals surface area contributed by atoms with Crippen molar-refractivity contribution in [1.29, 1.82) is 0 Å². The number of nitrogens with zero attached hydrogens (tertiary/aromatic N) is 1. The minimum atomic E-state index is -0.101. The molecule has 1 aromatic heterocycles. The number of amides is 1.